The van der Waals surface area contributed by atoms with Crippen molar-refractivity contribution in [3.63, 3.8) is 0 Å². The van der Waals surface area contributed by atoms with Crippen LogP contribution < -0.4 is 0 Å². The van der Waals surface area contributed by atoms with Crippen LogP contribution in [0.15, 0.2) is 0 Å². The fraction of sp³-hybridized carbons (Fsp3) is 0.818. The summed E-state index contributed by atoms with van der Waals surface area (Å²) in [4.78, 5) is 22.6. The van der Waals surface area contributed by atoms with Crippen molar-refractivity contribution in [3.05, 3.63) is 0 Å². The Labute approximate surface area is 79.7 Å². The lowest BCUT2D eigenvalue weighted by molar-refractivity contribution is -0.132. The number of carbonyl (C=O) groups excluding carboxylic acids is 2. The lowest BCUT2D eigenvalue weighted by Gasteiger charge is -2.31. The van der Waals surface area contributed by atoms with Crippen molar-refractivity contribution < 1.29 is 9.59 Å². The largest absolute Gasteiger partial charge is 0.300 e. The van der Waals surface area contributed by atoms with Crippen LogP contribution in [-0.4, -0.2) is 11.6 Å². The van der Waals surface area contributed by atoms with Crippen LogP contribution >= 0.6 is 0 Å². The standard InChI is InChI=1S/C11H18O2/c1-7-4-5-10(8(2)12)11(6-7)9(3)13/h7,10-11H,4-6H2,1-3H3/t7-,10+,11?/m0/s1. The van der Waals surface area contributed by atoms with Crippen molar-refractivity contribution in [2.24, 2.45) is 17.8 Å². The lowest BCUT2D eigenvalue weighted by atomic mass is 9.71. The molecule has 2 heteroatoms. The molecule has 3 atom stereocenters. The first-order valence-corrected chi connectivity index (χ1v) is 5.03. The van der Waals surface area contributed by atoms with E-state index in [9.17, 15) is 9.59 Å². The lowest BCUT2D eigenvalue weighted by Crippen LogP contribution is -2.33. The number of Topliss-reactive ketones (excluding diaryl/α,β-unsaturated/α-hetero) is 2. The minimum atomic E-state index is 0.00116. The van der Waals surface area contributed by atoms with E-state index < -0.39 is 0 Å². The van der Waals surface area contributed by atoms with Crippen LogP contribution in [0.2, 0.25) is 0 Å². The molecular weight excluding hydrogens is 164 g/mol. The summed E-state index contributed by atoms with van der Waals surface area (Å²) in [6.07, 6.45) is 2.90. The smallest absolute Gasteiger partial charge is 0.133 e. The Hall–Kier alpha value is -0.660. The fourth-order valence-corrected chi connectivity index (χ4v) is 2.32. The first-order chi connectivity index (χ1) is 6.02. The van der Waals surface area contributed by atoms with Crippen LogP contribution in [0.5, 0.6) is 0 Å². The Morgan fingerprint density at radius 1 is 1.00 bits per heavy atom. The van der Waals surface area contributed by atoms with E-state index >= 15 is 0 Å². The molecule has 2 nitrogen and oxygen atoms in total. The average Bonchev–Trinajstić information content (AvgIpc) is 2.03. The van der Waals surface area contributed by atoms with Gasteiger partial charge in [0.15, 0.2) is 0 Å². The van der Waals surface area contributed by atoms with Crippen LogP contribution in [0.4, 0.5) is 0 Å². The quantitative estimate of drug-likeness (QED) is 0.656. The second-order valence-electron chi connectivity index (χ2n) is 4.35. The third-order valence-corrected chi connectivity index (χ3v) is 3.16. The summed E-state index contributed by atoms with van der Waals surface area (Å²) < 4.78 is 0. The third kappa shape index (κ3) is 2.39. The van der Waals surface area contributed by atoms with Gasteiger partial charge in [0.1, 0.15) is 11.6 Å². The molecule has 0 saturated heterocycles. The van der Waals surface area contributed by atoms with Crippen LogP contribution in [-0.2, 0) is 9.59 Å². The molecule has 0 amide bonds. The molecule has 1 unspecified atom stereocenters. The Kier molecular flexibility index (Phi) is 3.23. The molecule has 0 bridgehead atoms. The number of hydrogen-bond donors (Lipinski definition) is 0. The summed E-state index contributed by atoms with van der Waals surface area (Å²) in [7, 11) is 0. The fourth-order valence-electron chi connectivity index (χ4n) is 2.32. The van der Waals surface area contributed by atoms with Gasteiger partial charge in [0.2, 0.25) is 0 Å². The summed E-state index contributed by atoms with van der Waals surface area (Å²) in [6, 6.07) is 0. The first kappa shape index (κ1) is 10.4. The Morgan fingerprint density at radius 3 is 2.00 bits per heavy atom. The SMILES string of the molecule is CC(=O)C1C[C@@H](C)CC[C@@H]1C(C)=O. The molecule has 0 aromatic carbocycles. The van der Waals surface area contributed by atoms with Crippen LogP contribution in [0.25, 0.3) is 0 Å². The summed E-state index contributed by atoms with van der Waals surface area (Å²) in [5, 5.41) is 0. The predicted molar refractivity (Wildman–Crippen MR) is 51.4 cm³/mol. The molecule has 1 rings (SSSR count). The van der Waals surface area contributed by atoms with Gasteiger partial charge in [-0.15, -0.1) is 0 Å². The maximum Gasteiger partial charge on any atom is 0.133 e. The number of rotatable bonds is 2. The minimum Gasteiger partial charge on any atom is -0.300 e. The minimum absolute atomic E-state index is 0.00116. The second-order valence-corrected chi connectivity index (χ2v) is 4.35. The van der Waals surface area contributed by atoms with Crippen molar-refractivity contribution in [3.8, 4) is 0 Å². The maximum absolute atomic E-state index is 11.3. The highest BCUT2D eigenvalue weighted by atomic mass is 16.1. The zero-order valence-corrected chi connectivity index (χ0v) is 8.67. The van der Waals surface area contributed by atoms with E-state index in [1.807, 2.05) is 0 Å². The topological polar surface area (TPSA) is 34.1 Å². The normalized spacial score (nSPS) is 34.2. The van der Waals surface area contributed by atoms with Gasteiger partial charge in [-0.1, -0.05) is 6.92 Å². The van der Waals surface area contributed by atoms with Gasteiger partial charge >= 0.3 is 0 Å². The highest BCUT2D eigenvalue weighted by Crippen LogP contribution is 2.34. The maximum atomic E-state index is 11.3. The van der Waals surface area contributed by atoms with Crippen molar-refractivity contribution in [1.29, 1.82) is 0 Å². The number of hydrogen-bond acceptors (Lipinski definition) is 2. The molecule has 1 saturated carbocycles. The van der Waals surface area contributed by atoms with Gasteiger partial charge in [-0.25, -0.2) is 0 Å². The molecule has 74 valence electrons. The Morgan fingerprint density at radius 2 is 1.54 bits per heavy atom. The van der Waals surface area contributed by atoms with Gasteiger partial charge in [0.05, 0.1) is 0 Å². The molecule has 0 aliphatic heterocycles. The molecular formula is C11H18O2. The summed E-state index contributed by atoms with van der Waals surface area (Å²) in [5.41, 5.74) is 0. The van der Waals surface area contributed by atoms with E-state index in [4.69, 9.17) is 0 Å². The van der Waals surface area contributed by atoms with Gasteiger partial charge in [-0.2, -0.15) is 0 Å². The molecule has 0 N–H and O–H groups in total. The molecule has 1 fully saturated rings. The summed E-state index contributed by atoms with van der Waals surface area (Å²) >= 11 is 0. The molecule has 0 aromatic rings. The van der Waals surface area contributed by atoms with E-state index in [1.165, 1.54) is 0 Å². The monoisotopic (exact) mass is 182 g/mol. The van der Waals surface area contributed by atoms with Crippen LogP contribution in [0.3, 0.4) is 0 Å². The summed E-state index contributed by atoms with van der Waals surface area (Å²) in [5.74, 6) is 0.985. The number of carbonyl (C=O) groups is 2. The van der Waals surface area contributed by atoms with Crippen molar-refractivity contribution >= 4 is 11.6 Å². The van der Waals surface area contributed by atoms with Crippen molar-refractivity contribution in [2.45, 2.75) is 40.0 Å². The van der Waals surface area contributed by atoms with Gasteiger partial charge < -0.3 is 0 Å². The van der Waals surface area contributed by atoms with E-state index in [1.54, 1.807) is 13.8 Å². The first-order valence-electron chi connectivity index (χ1n) is 5.03. The molecule has 0 radical (unpaired) electrons. The molecule has 1 aliphatic carbocycles. The Balaban J connectivity index is 2.72. The predicted octanol–water partition coefficient (Wildman–Crippen LogP) is 2.22. The molecule has 13 heavy (non-hydrogen) atoms. The van der Waals surface area contributed by atoms with E-state index in [-0.39, 0.29) is 23.4 Å². The number of ketones is 2. The second kappa shape index (κ2) is 4.03. The molecule has 0 aromatic heterocycles. The zero-order chi connectivity index (χ0) is 10.0. The molecule has 0 heterocycles. The molecule has 0 spiro atoms. The third-order valence-electron chi connectivity index (χ3n) is 3.16. The van der Waals surface area contributed by atoms with Gasteiger partial charge in [-0.05, 0) is 39.0 Å². The van der Waals surface area contributed by atoms with E-state index in [2.05, 4.69) is 6.92 Å². The highest BCUT2D eigenvalue weighted by Gasteiger charge is 2.34. The van der Waals surface area contributed by atoms with Gasteiger partial charge in [0, 0.05) is 11.8 Å². The van der Waals surface area contributed by atoms with Crippen LogP contribution in [0, 0.1) is 17.8 Å². The summed E-state index contributed by atoms with van der Waals surface area (Å²) in [6.45, 7) is 5.38. The average molecular weight is 182 g/mol. The Bertz CT molecular complexity index is 220. The van der Waals surface area contributed by atoms with E-state index in [0.717, 1.165) is 19.3 Å². The zero-order valence-electron chi connectivity index (χ0n) is 8.67. The van der Waals surface area contributed by atoms with Gasteiger partial charge in [-0.3, -0.25) is 9.59 Å². The molecule has 1 aliphatic rings. The van der Waals surface area contributed by atoms with Crippen LogP contribution in [0.1, 0.15) is 40.0 Å². The van der Waals surface area contributed by atoms with E-state index in [0.29, 0.717) is 5.92 Å². The highest BCUT2D eigenvalue weighted by molar-refractivity contribution is 5.87. The van der Waals surface area contributed by atoms with Crippen molar-refractivity contribution in [2.75, 3.05) is 0 Å². The van der Waals surface area contributed by atoms with Crippen molar-refractivity contribution in [1.82, 2.24) is 0 Å². The van der Waals surface area contributed by atoms with Gasteiger partial charge in [0.25, 0.3) is 0 Å².